The van der Waals surface area contributed by atoms with E-state index in [4.69, 9.17) is 4.74 Å². The number of pyridine rings is 1. The molecule has 0 aliphatic rings. The molecule has 138 valence electrons. The van der Waals surface area contributed by atoms with Crippen LogP contribution >= 0.6 is 0 Å². The third-order valence-electron chi connectivity index (χ3n) is 4.61. The number of amides is 1. The predicted molar refractivity (Wildman–Crippen MR) is 103 cm³/mol. The number of nitrogens with one attached hydrogen (secondary N) is 1. The van der Waals surface area contributed by atoms with Gasteiger partial charge in [0.2, 0.25) is 0 Å². The van der Waals surface area contributed by atoms with Crippen molar-refractivity contribution in [3.63, 3.8) is 0 Å². The Morgan fingerprint density at radius 3 is 2.93 bits per heavy atom. The summed E-state index contributed by atoms with van der Waals surface area (Å²) in [6, 6.07) is 11.4. The molecule has 7 nitrogen and oxygen atoms in total. The van der Waals surface area contributed by atoms with Gasteiger partial charge in [0.1, 0.15) is 22.9 Å². The highest BCUT2D eigenvalue weighted by molar-refractivity contribution is 5.93. The third kappa shape index (κ3) is 3.36. The highest BCUT2D eigenvalue weighted by Gasteiger charge is 2.18. The Balaban J connectivity index is 1.49. The molecule has 0 aliphatic carbocycles. The minimum absolute atomic E-state index is 0.0704. The van der Waals surface area contributed by atoms with Crippen LogP contribution in [-0.2, 0) is 6.42 Å². The Bertz CT molecular complexity index is 1070. The van der Waals surface area contributed by atoms with E-state index in [0.29, 0.717) is 25.2 Å². The van der Waals surface area contributed by atoms with Crippen LogP contribution in [0.3, 0.4) is 0 Å². The van der Waals surface area contributed by atoms with E-state index in [1.807, 2.05) is 53.9 Å². The first-order valence-corrected chi connectivity index (χ1v) is 8.93. The average molecular weight is 363 g/mol. The van der Waals surface area contributed by atoms with Crippen LogP contribution in [-0.4, -0.2) is 50.4 Å². The van der Waals surface area contributed by atoms with Crippen molar-refractivity contribution < 1.29 is 9.53 Å². The van der Waals surface area contributed by atoms with Crippen LogP contribution < -0.4 is 4.74 Å². The first kappa shape index (κ1) is 17.1. The number of aromatic amines is 1. The number of likely N-dealkylation sites (N-methyl/N-ethyl adjacent to an activating group) is 1. The molecule has 0 fully saturated rings. The molecule has 0 spiro atoms. The Morgan fingerprint density at radius 2 is 2.15 bits per heavy atom. The van der Waals surface area contributed by atoms with Crippen LogP contribution in [0.15, 0.2) is 48.8 Å². The Hall–Kier alpha value is -3.35. The number of carbonyl (C=O) groups excluding carboxylic acids is 1. The van der Waals surface area contributed by atoms with Crippen LogP contribution in [0.4, 0.5) is 0 Å². The lowest BCUT2D eigenvalue weighted by Gasteiger charge is -2.19. The van der Waals surface area contributed by atoms with E-state index in [9.17, 15) is 4.79 Å². The molecule has 0 saturated heterocycles. The maximum absolute atomic E-state index is 12.8. The highest BCUT2D eigenvalue weighted by Crippen LogP contribution is 2.19. The molecule has 1 amide bonds. The lowest BCUT2D eigenvalue weighted by molar-refractivity contribution is 0.0760. The average Bonchev–Trinajstić information content (AvgIpc) is 3.31. The number of H-pyrrole nitrogens is 1. The Kier molecular flexibility index (Phi) is 4.50. The standard InChI is InChI=1S/C20H21N5O2/c1-3-24(20(26)17-13-25-10-5-4-6-19(25)23-17)11-9-18-21-15-8-7-14(27-2)12-16(15)22-18/h4-8,10,12-13H,3,9,11H2,1-2H3,(H,21,22). The first-order valence-electron chi connectivity index (χ1n) is 8.93. The minimum Gasteiger partial charge on any atom is -0.497 e. The fraction of sp³-hybridized carbons (Fsp3) is 0.250. The predicted octanol–water partition coefficient (Wildman–Crippen LogP) is 2.92. The van der Waals surface area contributed by atoms with Gasteiger partial charge < -0.3 is 19.0 Å². The van der Waals surface area contributed by atoms with E-state index in [2.05, 4.69) is 15.0 Å². The highest BCUT2D eigenvalue weighted by atomic mass is 16.5. The number of hydrogen-bond donors (Lipinski definition) is 1. The topological polar surface area (TPSA) is 75.5 Å². The number of hydrogen-bond acceptors (Lipinski definition) is 4. The number of imidazole rings is 2. The fourth-order valence-electron chi connectivity index (χ4n) is 3.13. The van der Waals surface area contributed by atoms with E-state index in [1.54, 1.807) is 18.2 Å². The third-order valence-corrected chi connectivity index (χ3v) is 4.61. The molecule has 0 aliphatic heterocycles. The summed E-state index contributed by atoms with van der Waals surface area (Å²) in [5.41, 5.74) is 3.04. The second-order valence-electron chi connectivity index (χ2n) is 6.29. The van der Waals surface area contributed by atoms with Crippen molar-refractivity contribution in [1.82, 2.24) is 24.3 Å². The number of rotatable bonds is 6. The van der Waals surface area contributed by atoms with Crippen molar-refractivity contribution in [2.45, 2.75) is 13.3 Å². The zero-order valence-corrected chi connectivity index (χ0v) is 15.3. The van der Waals surface area contributed by atoms with Gasteiger partial charge in [-0.2, -0.15) is 0 Å². The first-order chi connectivity index (χ1) is 13.2. The molecule has 3 heterocycles. The molecule has 0 bridgehead atoms. The smallest absolute Gasteiger partial charge is 0.274 e. The molecule has 0 unspecified atom stereocenters. The molecule has 4 aromatic rings. The number of fused-ring (bicyclic) bond motifs is 2. The Labute approximate surface area is 156 Å². The molecule has 7 heteroatoms. The minimum atomic E-state index is -0.0704. The van der Waals surface area contributed by atoms with Crippen LogP contribution in [0.25, 0.3) is 16.7 Å². The normalized spacial score (nSPS) is 11.2. The van der Waals surface area contributed by atoms with Gasteiger partial charge in [0.25, 0.3) is 5.91 Å². The van der Waals surface area contributed by atoms with Crippen molar-refractivity contribution in [1.29, 1.82) is 0 Å². The lowest BCUT2D eigenvalue weighted by Crippen LogP contribution is -2.33. The summed E-state index contributed by atoms with van der Waals surface area (Å²) in [6.07, 6.45) is 4.30. The second-order valence-corrected chi connectivity index (χ2v) is 6.29. The van der Waals surface area contributed by atoms with Gasteiger partial charge in [-0.15, -0.1) is 0 Å². The van der Waals surface area contributed by atoms with Crippen molar-refractivity contribution in [2.24, 2.45) is 0 Å². The largest absolute Gasteiger partial charge is 0.497 e. The lowest BCUT2D eigenvalue weighted by atomic mass is 10.3. The molecule has 0 atom stereocenters. The molecule has 0 radical (unpaired) electrons. The second kappa shape index (κ2) is 7.11. The molecule has 4 rings (SSSR count). The van der Waals surface area contributed by atoms with Gasteiger partial charge in [0.15, 0.2) is 0 Å². The van der Waals surface area contributed by atoms with Crippen LogP contribution in [0.5, 0.6) is 5.75 Å². The van der Waals surface area contributed by atoms with Crippen LogP contribution in [0.2, 0.25) is 0 Å². The summed E-state index contributed by atoms with van der Waals surface area (Å²) >= 11 is 0. The molecule has 1 aromatic carbocycles. The van der Waals surface area contributed by atoms with Gasteiger partial charge in [-0.25, -0.2) is 9.97 Å². The molecule has 1 N–H and O–H groups in total. The van der Waals surface area contributed by atoms with E-state index in [0.717, 1.165) is 28.3 Å². The SMILES string of the molecule is CCN(CCc1nc2ccc(OC)cc2[nH]1)C(=O)c1cn2ccccc2n1. The maximum atomic E-state index is 12.8. The van der Waals surface area contributed by atoms with E-state index >= 15 is 0 Å². The fourth-order valence-corrected chi connectivity index (χ4v) is 3.13. The number of methoxy groups -OCH3 is 1. The van der Waals surface area contributed by atoms with Gasteiger partial charge in [-0.05, 0) is 31.2 Å². The summed E-state index contributed by atoms with van der Waals surface area (Å²) in [4.78, 5) is 26.9. The molecular formula is C20H21N5O2. The van der Waals surface area contributed by atoms with Gasteiger partial charge in [0.05, 0.1) is 18.1 Å². The zero-order valence-electron chi connectivity index (χ0n) is 15.3. The Morgan fingerprint density at radius 1 is 1.26 bits per heavy atom. The van der Waals surface area contributed by atoms with Crippen molar-refractivity contribution in [2.75, 3.05) is 20.2 Å². The molecule has 3 aromatic heterocycles. The molecule has 0 saturated carbocycles. The van der Waals surface area contributed by atoms with Gasteiger partial charge in [-0.3, -0.25) is 4.79 Å². The quantitative estimate of drug-likeness (QED) is 0.571. The van der Waals surface area contributed by atoms with Crippen molar-refractivity contribution in [3.8, 4) is 5.75 Å². The molecular weight excluding hydrogens is 342 g/mol. The van der Waals surface area contributed by atoms with Crippen molar-refractivity contribution in [3.05, 3.63) is 60.3 Å². The molecule has 27 heavy (non-hydrogen) atoms. The van der Waals surface area contributed by atoms with E-state index in [1.165, 1.54) is 0 Å². The number of nitrogens with zero attached hydrogens (tertiary/aromatic N) is 4. The summed E-state index contributed by atoms with van der Waals surface area (Å²) in [5.74, 6) is 1.56. The zero-order chi connectivity index (χ0) is 18.8. The number of aromatic nitrogens is 4. The van der Waals surface area contributed by atoms with Gasteiger partial charge in [0, 0.05) is 38.0 Å². The summed E-state index contributed by atoms with van der Waals surface area (Å²) in [5, 5.41) is 0. The van der Waals surface area contributed by atoms with Crippen LogP contribution in [0.1, 0.15) is 23.2 Å². The maximum Gasteiger partial charge on any atom is 0.274 e. The van der Waals surface area contributed by atoms with E-state index < -0.39 is 0 Å². The van der Waals surface area contributed by atoms with E-state index in [-0.39, 0.29) is 5.91 Å². The number of ether oxygens (including phenoxy) is 1. The summed E-state index contributed by atoms with van der Waals surface area (Å²) < 4.78 is 7.10. The van der Waals surface area contributed by atoms with Gasteiger partial charge in [-0.1, -0.05) is 6.07 Å². The summed E-state index contributed by atoms with van der Waals surface area (Å²) in [7, 11) is 1.64. The number of benzene rings is 1. The monoisotopic (exact) mass is 363 g/mol. The number of carbonyl (C=O) groups is 1. The van der Waals surface area contributed by atoms with Gasteiger partial charge >= 0.3 is 0 Å². The summed E-state index contributed by atoms with van der Waals surface area (Å²) in [6.45, 7) is 3.15. The van der Waals surface area contributed by atoms with Crippen molar-refractivity contribution >= 4 is 22.6 Å². The van der Waals surface area contributed by atoms with Crippen LogP contribution in [0, 0.1) is 0 Å².